The minimum Gasteiger partial charge on any atom is -0.329 e. The van der Waals surface area contributed by atoms with Gasteiger partial charge in [0.2, 0.25) is 0 Å². The number of hydrogen-bond donors (Lipinski definition) is 1. The van der Waals surface area contributed by atoms with Gasteiger partial charge in [0.05, 0.1) is 12.2 Å². The Labute approximate surface area is 104 Å². The van der Waals surface area contributed by atoms with Crippen molar-refractivity contribution in [2.45, 2.75) is 51.2 Å². The molecule has 0 amide bonds. The normalized spacial score (nSPS) is 18.4. The van der Waals surface area contributed by atoms with Crippen molar-refractivity contribution in [2.24, 2.45) is 5.73 Å². The van der Waals surface area contributed by atoms with E-state index >= 15 is 0 Å². The summed E-state index contributed by atoms with van der Waals surface area (Å²) < 4.78 is 2.02. The first-order chi connectivity index (χ1) is 8.26. The Hall–Kier alpha value is -0.870. The molecule has 1 saturated carbocycles. The van der Waals surface area contributed by atoms with Gasteiger partial charge in [-0.3, -0.25) is 9.58 Å². The van der Waals surface area contributed by atoms with Crippen LogP contribution in [0.3, 0.4) is 0 Å². The molecule has 2 N–H and O–H groups in total. The van der Waals surface area contributed by atoms with E-state index in [2.05, 4.69) is 30.2 Å². The molecule has 0 bridgehead atoms. The number of aromatic nitrogens is 2. The lowest BCUT2D eigenvalue weighted by atomic mass is 9.90. The summed E-state index contributed by atoms with van der Waals surface area (Å²) in [5.41, 5.74) is 7.19. The number of hydrogen-bond acceptors (Lipinski definition) is 3. The number of likely N-dealkylation sites (N-methyl/N-ethyl adjacent to an activating group) is 1. The van der Waals surface area contributed by atoms with Gasteiger partial charge in [-0.05, 0) is 26.3 Å². The third-order valence-electron chi connectivity index (χ3n) is 3.86. The second kappa shape index (κ2) is 5.65. The van der Waals surface area contributed by atoms with Gasteiger partial charge in [-0.1, -0.05) is 13.3 Å². The molecule has 0 aromatic carbocycles. The molecular weight excluding hydrogens is 212 g/mol. The predicted molar refractivity (Wildman–Crippen MR) is 69.7 cm³/mol. The number of nitrogens with two attached hydrogens (primary N) is 1. The highest BCUT2D eigenvalue weighted by Crippen LogP contribution is 2.30. The SMILES string of the molecule is CCCn1cc(C(CN)N(C)C2CCC2)cn1. The number of rotatable bonds is 6. The Morgan fingerprint density at radius 3 is 2.88 bits per heavy atom. The molecule has 2 rings (SSSR count). The average molecular weight is 236 g/mol. The first-order valence-electron chi connectivity index (χ1n) is 6.70. The van der Waals surface area contributed by atoms with E-state index in [9.17, 15) is 0 Å². The van der Waals surface area contributed by atoms with Gasteiger partial charge < -0.3 is 5.73 Å². The molecule has 1 atom stereocenters. The molecular formula is C13H24N4. The highest BCUT2D eigenvalue weighted by Gasteiger charge is 2.28. The molecule has 4 heteroatoms. The molecule has 0 saturated heterocycles. The summed E-state index contributed by atoms with van der Waals surface area (Å²) in [6.45, 7) is 3.83. The molecule has 1 unspecified atom stereocenters. The Kier molecular flexibility index (Phi) is 4.18. The van der Waals surface area contributed by atoms with E-state index in [0.29, 0.717) is 12.6 Å². The van der Waals surface area contributed by atoms with Gasteiger partial charge in [-0.2, -0.15) is 5.10 Å². The summed E-state index contributed by atoms with van der Waals surface area (Å²) in [4.78, 5) is 2.43. The highest BCUT2D eigenvalue weighted by atomic mass is 15.3. The van der Waals surface area contributed by atoms with E-state index in [-0.39, 0.29) is 0 Å². The summed E-state index contributed by atoms with van der Waals surface area (Å²) >= 11 is 0. The van der Waals surface area contributed by atoms with Crippen LogP contribution in [0, 0.1) is 0 Å². The van der Waals surface area contributed by atoms with Gasteiger partial charge in [-0.25, -0.2) is 0 Å². The van der Waals surface area contributed by atoms with Crippen molar-refractivity contribution in [3.8, 4) is 0 Å². The lowest BCUT2D eigenvalue weighted by Gasteiger charge is -2.39. The largest absolute Gasteiger partial charge is 0.329 e. The molecule has 96 valence electrons. The minimum absolute atomic E-state index is 0.325. The van der Waals surface area contributed by atoms with Crippen LogP contribution in [0.1, 0.15) is 44.2 Å². The van der Waals surface area contributed by atoms with Crippen molar-refractivity contribution >= 4 is 0 Å². The second-order valence-electron chi connectivity index (χ2n) is 5.04. The molecule has 17 heavy (non-hydrogen) atoms. The Morgan fingerprint density at radius 2 is 2.35 bits per heavy atom. The summed E-state index contributed by atoms with van der Waals surface area (Å²) in [5.74, 6) is 0. The van der Waals surface area contributed by atoms with Gasteiger partial charge in [0.15, 0.2) is 0 Å². The lowest BCUT2D eigenvalue weighted by molar-refractivity contribution is 0.113. The fourth-order valence-corrected chi connectivity index (χ4v) is 2.49. The van der Waals surface area contributed by atoms with Crippen molar-refractivity contribution in [2.75, 3.05) is 13.6 Å². The maximum atomic E-state index is 5.93. The van der Waals surface area contributed by atoms with Gasteiger partial charge in [0, 0.05) is 30.9 Å². The van der Waals surface area contributed by atoms with Crippen molar-refractivity contribution in [3.63, 3.8) is 0 Å². The molecule has 1 aliphatic rings. The molecule has 1 fully saturated rings. The second-order valence-corrected chi connectivity index (χ2v) is 5.04. The van der Waals surface area contributed by atoms with Crippen LogP contribution in [0.5, 0.6) is 0 Å². The van der Waals surface area contributed by atoms with Gasteiger partial charge in [0.1, 0.15) is 0 Å². The molecule has 1 aromatic rings. The molecule has 1 aliphatic carbocycles. The first kappa shape index (κ1) is 12.6. The summed E-state index contributed by atoms with van der Waals surface area (Å²) in [7, 11) is 2.19. The van der Waals surface area contributed by atoms with E-state index in [0.717, 1.165) is 19.0 Å². The van der Waals surface area contributed by atoms with Gasteiger partial charge >= 0.3 is 0 Å². The summed E-state index contributed by atoms with van der Waals surface area (Å²) in [6.07, 6.45) is 9.24. The monoisotopic (exact) mass is 236 g/mol. The number of nitrogens with zero attached hydrogens (tertiary/aromatic N) is 3. The molecule has 1 heterocycles. The Bertz CT molecular complexity index is 343. The van der Waals surface area contributed by atoms with Crippen LogP contribution in [0.25, 0.3) is 0 Å². The van der Waals surface area contributed by atoms with Crippen LogP contribution in [-0.2, 0) is 6.54 Å². The van der Waals surface area contributed by atoms with E-state index in [4.69, 9.17) is 5.73 Å². The number of aryl methyl sites for hydroxylation is 1. The van der Waals surface area contributed by atoms with Crippen molar-refractivity contribution in [3.05, 3.63) is 18.0 Å². The maximum Gasteiger partial charge on any atom is 0.0538 e. The highest BCUT2D eigenvalue weighted by molar-refractivity contribution is 5.12. The zero-order chi connectivity index (χ0) is 12.3. The topological polar surface area (TPSA) is 47.1 Å². The third-order valence-corrected chi connectivity index (χ3v) is 3.86. The molecule has 0 aliphatic heterocycles. The van der Waals surface area contributed by atoms with E-state index in [1.807, 2.05) is 10.9 Å². The first-order valence-corrected chi connectivity index (χ1v) is 6.70. The van der Waals surface area contributed by atoms with Crippen LogP contribution in [0.15, 0.2) is 12.4 Å². The van der Waals surface area contributed by atoms with Crippen LogP contribution >= 0.6 is 0 Å². The molecule has 0 spiro atoms. The Balaban J connectivity index is 2.04. The van der Waals surface area contributed by atoms with Crippen LogP contribution in [0.4, 0.5) is 0 Å². The van der Waals surface area contributed by atoms with E-state index in [1.54, 1.807) is 0 Å². The predicted octanol–water partition coefficient (Wildman–Crippen LogP) is 1.78. The fraction of sp³-hybridized carbons (Fsp3) is 0.769. The molecule has 4 nitrogen and oxygen atoms in total. The van der Waals surface area contributed by atoms with Crippen molar-refractivity contribution < 1.29 is 0 Å². The van der Waals surface area contributed by atoms with Crippen LogP contribution < -0.4 is 5.73 Å². The van der Waals surface area contributed by atoms with E-state index < -0.39 is 0 Å². The zero-order valence-electron chi connectivity index (χ0n) is 11.0. The standard InChI is InChI=1S/C13H24N4/c1-3-7-17-10-11(9-15-17)13(8-14)16(2)12-5-4-6-12/h9-10,12-13H,3-8,14H2,1-2H3. The quantitative estimate of drug-likeness (QED) is 0.819. The van der Waals surface area contributed by atoms with Crippen LogP contribution in [-0.4, -0.2) is 34.3 Å². The van der Waals surface area contributed by atoms with Crippen LogP contribution in [0.2, 0.25) is 0 Å². The van der Waals surface area contributed by atoms with Gasteiger partial charge in [0.25, 0.3) is 0 Å². The minimum atomic E-state index is 0.325. The average Bonchev–Trinajstić information content (AvgIpc) is 2.65. The third kappa shape index (κ3) is 2.69. The zero-order valence-corrected chi connectivity index (χ0v) is 11.0. The van der Waals surface area contributed by atoms with Crippen molar-refractivity contribution in [1.29, 1.82) is 0 Å². The van der Waals surface area contributed by atoms with E-state index in [1.165, 1.54) is 24.8 Å². The van der Waals surface area contributed by atoms with Crippen molar-refractivity contribution in [1.82, 2.24) is 14.7 Å². The smallest absolute Gasteiger partial charge is 0.0538 e. The summed E-state index contributed by atoms with van der Waals surface area (Å²) in [6, 6.07) is 1.05. The maximum absolute atomic E-state index is 5.93. The molecule has 0 radical (unpaired) electrons. The summed E-state index contributed by atoms with van der Waals surface area (Å²) in [5, 5.41) is 4.39. The fourth-order valence-electron chi connectivity index (χ4n) is 2.49. The lowest BCUT2D eigenvalue weighted by Crippen LogP contribution is -2.42. The van der Waals surface area contributed by atoms with Gasteiger partial charge in [-0.15, -0.1) is 0 Å². The Morgan fingerprint density at radius 1 is 1.59 bits per heavy atom. The molecule has 1 aromatic heterocycles.